The number of hydrogen-bond acceptors (Lipinski definition) is 5. The summed E-state index contributed by atoms with van der Waals surface area (Å²) in [7, 11) is 0. The average molecular weight is 332 g/mol. The van der Waals surface area contributed by atoms with Gasteiger partial charge in [-0.15, -0.1) is 0 Å². The molecular formula is C17H24N4O3. The van der Waals surface area contributed by atoms with Gasteiger partial charge in [-0.2, -0.15) is 4.98 Å². The number of hydrogen-bond donors (Lipinski definition) is 2. The standard InChI is InChI=1S/C17H24N4O3/c1-4-20(5-2)11-12(3)10-18-15(22)14-16(23)19-13-8-6-7-9-21(13)17(14)24/h6-9,12,23H,4-5,10-11H2,1-3H3,(H,18,22). The van der Waals surface area contributed by atoms with Crippen LogP contribution in [0.1, 0.15) is 31.1 Å². The lowest BCUT2D eigenvalue weighted by Crippen LogP contribution is -2.37. The zero-order valence-electron chi connectivity index (χ0n) is 14.3. The zero-order chi connectivity index (χ0) is 17.7. The van der Waals surface area contributed by atoms with E-state index >= 15 is 0 Å². The lowest BCUT2D eigenvalue weighted by molar-refractivity contribution is 0.0939. The second-order valence-electron chi connectivity index (χ2n) is 5.85. The summed E-state index contributed by atoms with van der Waals surface area (Å²) in [6.07, 6.45) is 1.52. The van der Waals surface area contributed by atoms with Gasteiger partial charge >= 0.3 is 0 Å². The van der Waals surface area contributed by atoms with E-state index in [0.29, 0.717) is 12.2 Å². The lowest BCUT2D eigenvalue weighted by atomic mass is 10.1. The molecule has 7 nitrogen and oxygen atoms in total. The minimum Gasteiger partial charge on any atom is -0.493 e. The number of pyridine rings is 1. The van der Waals surface area contributed by atoms with Gasteiger partial charge in [0.25, 0.3) is 11.5 Å². The van der Waals surface area contributed by atoms with Crippen molar-refractivity contribution in [3.63, 3.8) is 0 Å². The first kappa shape index (κ1) is 17.9. The van der Waals surface area contributed by atoms with Crippen molar-refractivity contribution >= 4 is 11.6 Å². The molecule has 0 saturated heterocycles. The molecule has 0 aliphatic rings. The van der Waals surface area contributed by atoms with Crippen LogP contribution < -0.4 is 10.9 Å². The van der Waals surface area contributed by atoms with Gasteiger partial charge < -0.3 is 15.3 Å². The Morgan fingerprint density at radius 1 is 1.38 bits per heavy atom. The number of nitrogens with zero attached hydrogens (tertiary/aromatic N) is 3. The van der Waals surface area contributed by atoms with Gasteiger partial charge in [-0.25, -0.2) is 0 Å². The molecule has 0 aliphatic carbocycles. The quantitative estimate of drug-likeness (QED) is 0.793. The highest BCUT2D eigenvalue weighted by Crippen LogP contribution is 2.11. The molecule has 1 atom stereocenters. The van der Waals surface area contributed by atoms with Crippen molar-refractivity contribution in [2.75, 3.05) is 26.2 Å². The van der Waals surface area contributed by atoms with Gasteiger partial charge in [0, 0.05) is 19.3 Å². The van der Waals surface area contributed by atoms with E-state index in [9.17, 15) is 14.7 Å². The van der Waals surface area contributed by atoms with Gasteiger partial charge in [0.1, 0.15) is 5.65 Å². The largest absolute Gasteiger partial charge is 0.493 e. The van der Waals surface area contributed by atoms with Crippen LogP contribution in [0.5, 0.6) is 5.88 Å². The third kappa shape index (κ3) is 3.91. The second kappa shape index (κ2) is 7.92. The van der Waals surface area contributed by atoms with Crippen molar-refractivity contribution in [2.45, 2.75) is 20.8 Å². The third-order valence-corrected chi connectivity index (χ3v) is 4.02. The van der Waals surface area contributed by atoms with Crippen LogP contribution in [0.3, 0.4) is 0 Å². The number of aromatic hydroxyl groups is 1. The lowest BCUT2D eigenvalue weighted by Gasteiger charge is -2.22. The molecular weight excluding hydrogens is 308 g/mol. The number of carbonyl (C=O) groups is 1. The first-order chi connectivity index (χ1) is 11.5. The highest BCUT2D eigenvalue weighted by Gasteiger charge is 2.20. The van der Waals surface area contributed by atoms with E-state index in [1.807, 2.05) is 6.92 Å². The molecule has 2 heterocycles. The van der Waals surface area contributed by atoms with Crippen LogP contribution in [0, 0.1) is 5.92 Å². The van der Waals surface area contributed by atoms with Crippen molar-refractivity contribution in [3.8, 4) is 5.88 Å². The Balaban J connectivity index is 2.13. The third-order valence-electron chi connectivity index (χ3n) is 4.02. The van der Waals surface area contributed by atoms with Gasteiger partial charge in [0.15, 0.2) is 5.56 Å². The van der Waals surface area contributed by atoms with Crippen molar-refractivity contribution < 1.29 is 9.90 Å². The number of carbonyl (C=O) groups excluding carboxylic acids is 1. The Hall–Kier alpha value is -2.41. The van der Waals surface area contributed by atoms with Crippen LogP contribution in [0.2, 0.25) is 0 Å². The first-order valence-electron chi connectivity index (χ1n) is 8.18. The molecule has 0 fully saturated rings. The maximum Gasteiger partial charge on any atom is 0.274 e. The fourth-order valence-corrected chi connectivity index (χ4v) is 2.62. The summed E-state index contributed by atoms with van der Waals surface area (Å²) in [5.74, 6) is -0.915. The smallest absolute Gasteiger partial charge is 0.274 e. The normalized spacial score (nSPS) is 12.5. The fourth-order valence-electron chi connectivity index (χ4n) is 2.62. The van der Waals surface area contributed by atoms with Crippen molar-refractivity contribution in [3.05, 3.63) is 40.3 Å². The van der Waals surface area contributed by atoms with Crippen molar-refractivity contribution in [2.24, 2.45) is 5.92 Å². The summed E-state index contributed by atoms with van der Waals surface area (Å²) in [5, 5.41) is 12.7. The molecule has 0 saturated carbocycles. The number of aromatic nitrogens is 2. The van der Waals surface area contributed by atoms with Crippen LogP contribution >= 0.6 is 0 Å². The zero-order valence-corrected chi connectivity index (χ0v) is 14.3. The molecule has 1 amide bonds. The van der Waals surface area contributed by atoms with Crippen molar-refractivity contribution in [1.82, 2.24) is 19.6 Å². The summed E-state index contributed by atoms with van der Waals surface area (Å²) in [5.41, 5.74) is -0.604. The highest BCUT2D eigenvalue weighted by atomic mass is 16.3. The van der Waals surface area contributed by atoms with Crippen LogP contribution in [0.15, 0.2) is 29.2 Å². The predicted molar refractivity (Wildman–Crippen MR) is 92.4 cm³/mol. The molecule has 2 N–H and O–H groups in total. The van der Waals surface area contributed by atoms with Crippen molar-refractivity contribution in [1.29, 1.82) is 0 Å². The van der Waals surface area contributed by atoms with E-state index in [-0.39, 0.29) is 11.5 Å². The van der Waals surface area contributed by atoms with Crippen LogP contribution in [-0.4, -0.2) is 51.5 Å². The van der Waals surface area contributed by atoms with E-state index in [4.69, 9.17) is 0 Å². The molecule has 2 aromatic rings. The van der Waals surface area contributed by atoms with Gasteiger partial charge in [-0.1, -0.05) is 26.8 Å². The Morgan fingerprint density at radius 2 is 2.08 bits per heavy atom. The molecule has 7 heteroatoms. The minimum absolute atomic E-state index is 0.229. The fraction of sp³-hybridized carbons (Fsp3) is 0.471. The second-order valence-corrected chi connectivity index (χ2v) is 5.85. The molecule has 0 aliphatic heterocycles. The maximum absolute atomic E-state index is 12.4. The molecule has 2 rings (SSSR count). The van der Waals surface area contributed by atoms with Crippen LogP contribution in [0.4, 0.5) is 0 Å². The summed E-state index contributed by atoms with van der Waals surface area (Å²) in [6, 6.07) is 4.96. The van der Waals surface area contributed by atoms with Crippen LogP contribution in [0.25, 0.3) is 5.65 Å². The predicted octanol–water partition coefficient (Wildman–Crippen LogP) is 1.11. The van der Waals surface area contributed by atoms with E-state index in [0.717, 1.165) is 19.6 Å². The van der Waals surface area contributed by atoms with Gasteiger partial charge in [0.2, 0.25) is 5.88 Å². The van der Waals surface area contributed by atoms with Gasteiger partial charge in [0.05, 0.1) is 0 Å². The minimum atomic E-state index is -0.602. The highest BCUT2D eigenvalue weighted by molar-refractivity contribution is 5.96. The van der Waals surface area contributed by atoms with E-state index < -0.39 is 17.3 Å². The molecule has 0 spiro atoms. The summed E-state index contributed by atoms with van der Waals surface area (Å²) in [4.78, 5) is 30.9. The van der Waals surface area contributed by atoms with E-state index in [1.165, 1.54) is 10.6 Å². The molecule has 0 aromatic carbocycles. The Labute approximate surface area is 140 Å². The van der Waals surface area contributed by atoms with Crippen LogP contribution in [-0.2, 0) is 0 Å². The Morgan fingerprint density at radius 3 is 2.75 bits per heavy atom. The number of fused-ring (bicyclic) bond motifs is 1. The first-order valence-corrected chi connectivity index (χ1v) is 8.18. The summed E-state index contributed by atoms with van der Waals surface area (Å²) >= 11 is 0. The topological polar surface area (TPSA) is 86.9 Å². The average Bonchev–Trinajstić information content (AvgIpc) is 2.57. The molecule has 1 unspecified atom stereocenters. The Bertz CT molecular complexity index is 768. The summed E-state index contributed by atoms with van der Waals surface area (Å²) < 4.78 is 1.24. The molecule has 0 bridgehead atoms. The monoisotopic (exact) mass is 332 g/mol. The van der Waals surface area contributed by atoms with Gasteiger partial charge in [-0.3, -0.25) is 14.0 Å². The maximum atomic E-state index is 12.4. The number of rotatable bonds is 7. The number of amides is 1. The molecule has 130 valence electrons. The summed E-state index contributed by atoms with van der Waals surface area (Å²) in [6.45, 7) is 9.39. The SMILES string of the molecule is CCN(CC)CC(C)CNC(=O)c1c(O)nc2ccccn2c1=O. The Kier molecular flexibility index (Phi) is 5.92. The molecule has 2 aromatic heterocycles. The molecule has 24 heavy (non-hydrogen) atoms. The van der Waals surface area contributed by atoms with E-state index in [2.05, 4.69) is 29.0 Å². The van der Waals surface area contributed by atoms with E-state index in [1.54, 1.807) is 18.2 Å². The number of nitrogens with one attached hydrogen (secondary N) is 1. The van der Waals surface area contributed by atoms with Gasteiger partial charge in [-0.05, 0) is 31.1 Å². The molecule has 0 radical (unpaired) electrons.